The van der Waals surface area contributed by atoms with Gasteiger partial charge in [-0.1, -0.05) is 31.9 Å². The van der Waals surface area contributed by atoms with Gasteiger partial charge in [-0.3, -0.25) is 0 Å². The van der Waals surface area contributed by atoms with Crippen molar-refractivity contribution in [3.63, 3.8) is 0 Å². The van der Waals surface area contributed by atoms with E-state index >= 15 is 0 Å². The molecule has 0 amide bonds. The molecule has 0 bridgehead atoms. The molecule has 2 atom stereocenters. The third-order valence-electron chi connectivity index (χ3n) is 3.93. The van der Waals surface area contributed by atoms with Gasteiger partial charge in [0.2, 0.25) is 10.0 Å². The number of nitrogens with zero attached hydrogens (tertiary/aromatic N) is 1. The lowest BCUT2D eigenvalue weighted by Gasteiger charge is -2.16. The maximum Gasteiger partial charge on any atom is 0.243 e. The van der Waals surface area contributed by atoms with E-state index < -0.39 is 22.2 Å². The summed E-state index contributed by atoms with van der Waals surface area (Å²) in [5.41, 5.74) is 6.83. The molecular weight excluding hydrogens is 324 g/mol. The zero-order valence-electron chi connectivity index (χ0n) is 12.8. The summed E-state index contributed by atoms with van der Waals surface area (Å²) in [5.74, 6) is 0. The molecule has 22 heavy (non-hydrogen) atoms. The average Bonchev–Trinajstić information content (AvgIpc) is 2.80. The second-order valence-electron chi connectivity index (χ2n) is 5.65. The number of sulfonamides is 1. The van der Waals surface area contributed by atoms with Crippen molar-refractivity contribution in [1.29, 1.82) is 0 Å². The SMILES string of the molecule is CCCCCc1ccc(S(=O)(=O)N2C[C@@H](N)[C@H](O)C2)cc1.Cl. The first-order chi connectivity index (χ1) is 9.95. The molecule has 0 radical (unpaired) electrons. The summed E-state index contributed by atoms with van der Waals surface area (Å²) in [6.07, 6.45) is 3.67. The predicted octanol–water partition coefficient (Wildman–Crippen LogP) is 1.53. The van der Waals surface area contributed by atoms with Gasteiger partial charge in [0.05, 0.1) is 11.0 Å². The molecule has 0 saturated carbocycles. The molecular formula is C15H25ClN2O3S. The molecule has 0 spiro atoms. The summed E-state index contributed by atoms with van der Waals surface area (Å²) in [5, 5.41) is 9.61. The van der Waals surface area contributed by atoms with Crippen molar-refractivity contribution >= 4 is 22.4 Å². The summed E-state index contributed by atoms with van der Waals surface area (Å²) >= 11 is 0. The van der Waals surface area contributed by atoms with Crippen LogP contribution in [0.3, 0.4) is 0 Å². The number of aryl methyl sites for hydroxylation is 1. The number of β-amino-alcohol motifs (C(OH)–C–C–N with tert-alkyl or cyclic N) is 1. The highest BCUT2D eigenvalue weighted by Crippen LogP contribution is 2.21. The van der Waals surface area contributed by atoms with Crippen LogP contribution in [0.15, 0.2) is 29.2 Å². The lowest BCUT2D eigenvalue weighted by molar-refractivity contribution is 0.174. The number of halogens is 1. The van der Waals surface area contributed by atoms with Crippen molar-refractivity contribution in [3.05, 3.63) is 29.8 Å². The first-order valence-electron chi connectivity index (χ1n) is 7.48. The Morgan fingerprint density at radius 2 is 1.86 bits per heavy atom. The number of nitrogens with two attached hydrogens (primary N) is 1. The number of aliphatic hydroxyl groups is 1. The molecule has 5 nitrogen and oxygen atoms in total. The van der Waals surface area contributed by atoms with Gasteiger partial charge in [-0.2, -0.15) is 4.31 Å². The second-order valence-corrected chi connectivity index (χ2v) is 7.59. The van der Waals surface area contributed by atoms with Crippen LogP contribution in [-0.2, 0) is 16.4 Å². The minimum Gasteiger partial charge on any atom is -0.390 e. The molecule has 1 aliphatic heterocycles. The fourth-order valence-corrected chi connectivity index (χ4v) is 4.02. The maximum atomic E-state index is 12.5. The van der Waals surface area contributed by atoms with Crippen molar-refractivity contribution in [1.82, 2.24) is 4.31 Å². The van der Waals surface area contributed by atoms with Gasteiger partial charge in [0.1, 0.15) is 0 Å². The highest BCUT2D eigenvalue weighted by Gasteiger charge is 2.36. The normalized spacial score (nSPS) is 22.5. The minimum absolute atomic E-state index is 0. The van der Waals surface area contributed by atoms with E-state index in [9.17, 15) is 13.5 Å². The molecule has 126 valence electrons. The van der Waals surface area contributed by atoms with Crippen molar-refractivity contribution in [2.75, 3.05) is 13.1 Å². The van der Waals surface area contributed by atoms with E-state index in [-0.39, 0.29) is 30.4 Å². The zero-order chi connectivity index (χ0) is 15.5. The second kappa shape index (κ2) is 8.26. The Balaban J connectivity index is 0.00000242. The molecule has 1 heterocycles. The van der Waals surface area contributed by atoms with Crippen LogP contribution in [0.2, 0.25) is 0 Å². The van der Waals surface area contributed by atoms with Crippen LogP contribution in [-0.4, -0.2) is 43.1 Å². The minimum atomic E-state index is -3.55. The van der Waals surface area contributed by atoms with Crippen LogP contribution in [0.25, 0.3) is 0 Å². The molecule has 1 aromatic rings. The van der Waals surface area contributed by atoms with Gasteiger partial charge in [0, 0.05) is 19.1 Å². The summed E-state index contributed by atoms with van der Waals surface area (Å²) in [7, 11) is -3.55. The third kappa shape index (κ3) is 4.43. The van der Waals surface area contributed by atoms with Crippen molar-refractivity contribution < 1.29 is 13.5 Å². The fourth-order valence-electron chi connectivity index (χ4n) is 2.53. The lowest BCUT2D eigenvalue weighted by Crippen LogP contribution is -2.33. The van der Waals surface area contributed by atoms with Gasteiger partial charge >= 0.3 is 0 Å². The van der Waals surface area contributed by atoms with Crippen LogP contribution >= 0.6 is 12.4 Å². The van der Waals surface area contributed by atoms with Gasteiger partial charge < -0.3 is 10.8 Å². The van der Waals surface area contributed by atoms with Crippen molar-refractivity contribution in [3.8, 4) is 0 Å². The fraction of sp³-hybridized carbons (Fsp3) is 0.600. The molecule has 3 N–H and O–H groups in total. The monoisotopic (exact) mass is 348 g/mol. The predicted molar refractivity (Wildman–Crippen MR) is 89.7 cm³/mol. The van der Waals surface area contributed by atoms with E-state index in [0.29, 0.717) is 0 Å². The molecule has 1 fully saturated rings. The number of aliphatic hydroxyl groups excluding tert-OH is 1. The lowest BCUT2D eigenvalue weighted by atomic mass is 10.1. The highest BCUT2D eigenvalue weighted by atomic mass is 35.5. The van der Waals surface area contributed by atoms with E-state index in [1.807, 2.05) is 12.1 Å². The molecule has 7 heteroatoms. The van der Waals surface area contributed by atoms with Crippen molar-refractivity contribution in [2.24, 2.45) is 5.73 Å². The number of hydrogen-bond acceptors (Lipinski definition) is 4. The Kier molecular flexibility index (Phi) is 7.28. The van der Waals surface area contributed by atoms with Crippen LogP contribution in [0.1, 0.15) is 31.7 Å². The molecule has 1 aliphatic rings. The molecule has 0 aliphatic carbocycles. The van der Waals surface area contributed by atoms with Gasteiger partial charge in [-0.15, -0.1) is 12.4 Å². The Morgan fingerprint density at radius 3 is 2.36 bits per heavy atom. The zero-order valence-corrected chi connectivity index (χ0v) is 14.4. The van der Waals surface area contributed by atoms with Crippen LogP contribution in [0, 0.1) is 0 Å². The molecule has 0 unspecified atom stereocenters. The third-order valence-corrected chi connectivity index (χ3v) is 5.78. The Bertz CT molecular complexity index is 553. The Labute approximate surface area is 139 Å². The highest BCUT2D eigenvalue weighted by molar-refractivity contribution is 7.89. The first-order valence-corrected chi connectivity index (χ1v) is 8.92. The van der Waals surface area contributed by atoms with E-state index in [4.69, 9.17) is 5.73 Å². The standard InChI is InChI=1S/C15H24N2O3S.ClH/c1-2-3-4-5-12-6-8-13(9-7-12)21(19,20)17-10-14(16)15(18)11-17;/h6-9,14-15,18H,2-5,10-11,16H2,1H3;1H/t14-,15-;/m1./s1. The average molecular weight is 349 g/mol. The van der Waals surface area contributed by atoms with Gasteiger partial charge in [0.25, 0.3) is 0 Å². The summed E-state index contributed by atoms with van der Waals surface area (Å²) in [6, 6.07) is 6.52. The quantitative estimate of drug-likeness (QED) is 0.764. The van der Waals surface area contributed by atoms with Crippen molar-refractivity contribution in [2.45, 2.75) is 49.6 Å². The van der Waals surface area contributed by atoms with E-state index in [0.717, 1.165) is 18.4 Å². The van der Waals surface area contributed by atoms with Crippen LogP contribution in [0.4, 0.5) is 0 Å². The van der Waals surface area contributed by atoms with Crippen LogP contribution < -0.4 is 5.73 Å². The van der Waals surface area contributed by atoms with Gasteiger partial charge in [-0.25, -0.2) is 8.42 Å². The van der Waals surface area contributed by atoms with E-state index in [2.05, 4.69) is 6.92 Å². The van der Waals surface area contributed by atoms with E-state index in [1.54, 1.807) is 12.1 Å². The van der Waals surface area contributed by atoms with Gasteiger partial charge in [0.15, 0.2) is 0 Å². The smallest absolute Gasteiger partial charge is 0.243 e. The Morgan fingerprint density at radius 1 is 1.23 bits per heavy atom. The van der Waals surface area contributed by atoms with E-state index in [1.165, 1.54) is 17.1 Å². The number of unbranched alkanes of at least 4 members (excludes halogenated alkanes) is 2. The molecule has 0 aromatic heterocycles. The summed E-state index contributed by atoms with van der Waals surface area (Å²) in [4.78, 5) is 0.267. The number of benzene rings is 1. The first kappa shape index (κ1) is 19.4. The largest absolute Gasteiger partial charge is 0.390 e. The Hall–Kier alpha value is -0.660. The summed E-state index contributed by atoms with van der Waals surface area (Å²) in [6.45, 7) is 2.40. The maximum absolute atomic E-state index is 12.5. The molecule has 1 aromatic carbocycles. The summed E-state index contributed by atoms with van der Waals surface area (Å²) < 4.78 is 26.2. The molecule has 1 saturated heterocycles. The van der Waals surface area contributed by atoms with Crippen LogP contribution in [0.5, 0.6) is 0 Å². The topological polar surface area (TPSA) is 83.6 Å². The molecule has 2 rings (SSSR count). The number of hydrogen-bond donors (Lipinski definition) is 2. The number of rotatable bonds is 6. The van der Waals surface area contributed by atoms with Gasteiger partial charge in [-0.05, 0) is 30.5 Å².